The van der Waals surface area contributed by atoms with Gasteiger partial charge in [-0.2, -0.15) is 0 Å². The van der Waals surface area contributed by atoms with E-state index in [0.717, 1.165) is 11.6 Å². The van der Waals surface area contributed by atoms with Gasteiger partial charge in [0.15, 0.2) is 0 Å². The number of hydrogen-bond donors (Lipinski definition) is 2. The average Bonchev–Trinajstić information content (AvgIpc) is 2.43. The second-order valence-electron chi connectivity index (χ2n) is 4.07. The van der Waals surface area contributed by atoms with Crippen LogP contribution in [0.25, 0.3) is 0 Å². The van der Waals surface area contributed by atoms with Crippen LogP contribution in [0, 0.1) is 7.14 Å². The van der Waals surface area contributed by atoms with Crippen molar-refractivity contribution in [3.8, 4) is 0 Å². The third-order valence-corrected chi connectivity index (χ3v) is 4.74. The van der Waals surface area contributed by atoms with Crippen molar-refractivity contribution in [3.63, 3.8) is 0 Å². The van der Waals surface area contributed by atoms with E-state index in [-0.39, 0.29) is 17.2 Å². The molecule has 0 aliphatic heterocycles. The van der Waals surface area contributed by atoms with Crippen LogP contribution < -0.4 is 5.32 Å². The van der Waals surface area contributed by atoms with Gasteiger partial charge in [-0.25, -0.2) is 4.79 Å². The highest BCUT2D eigenvalue weighted by atomic mass is 127. The number of rotatable bonds is 3. The highest BCUT2D eigenvalue weighted by molar-refractivity contribution is 14.1. The van der Waals surface area contributed by atoms with E-state index in [4.69, 9.17) is 0 Å². The molecular formula is C14H8BrI2NO3. The number of aromatic carboxylic acids is 1. The van der Waals surface area contributed by atoms with Crippen molar-refractivity contribution in [1.29, 1.82) is 0 Å². The molecule has 1 amide bonds. The summed E-state index contributed by atoms with van der Waals surface area (Å²) in [5.74, 6) is -1.42. The number of amides is 1. The van der Waals surface area contributed by atoms with Crippen molar-refractivity contribution in [2.45, 2.75) is 0 Å². The Hall–Kier alpha value is -0.680. The molecule has 2 N–H and O–H groups in total. The Balaban J connectivity index is 2.36. The van der Waals surface area contributed by atoms with E-state index in [2.05, 4.69) is 43.8 Å². The minimum absolute atomic E-state index is 0.0697. The molecule has 4 nitrogen and oxygen atoms in total. The summed E-state index contributed by atoms with van der Waals surface area (Å²) in [6, 6.07) is 10.2. The van der Waals surface area contributed by atoms with Gasteiger partial charge >= 0.3 is 5.97 Å². The van der Waals surface area contributed by atoms with Crippen LogP contribution in [0.2, 0.25) is 0 Å². The van der Waals surface area contributed by atoms with Gasteiger partial charge in [0.1, 0.15) is 0 Å². The van der Waals surface area contributed by atoms with Crippen LogP contribution in [0.5, 0.6) is 0 Å². The fourth-order valence-electron chi connectivity index (χ4n) is 1.66. The Morgan fingerprint density at radius 3 is 2.43 bits per heavy atom. The van der Waals surface area contributed by atoms with E-state index in [9.17, 15) is 14.7 Å². The standard InChI is InChI=1S/C14H8BrI2NO3/c15-7-1-3-11(17)9(5-7)13(19)18-12-4-2-8(16)6-10(12)14(20)21/h1-6H,(H,18,19)(H,20,21). The van der Waals surface area contributed by atoms with E-state index in [1.54, 1.807) is 18.2 Å². The van der Waals surface area contributed by atoms with Crippen molar-refractivity contribution < 1.29 is 14.7 Å². The van der Waals surface area contributed by atoms with Crippen molar-refractivity contribution in [2.75, 3.05) is 5.32 Å². The van der Waals surface area contributed by atoms with Crippen molar-refractivity contribution in [3.05, 3.63) is 59.1 Å². The first kappa shape index (κ1) is 16.7. The molecule has 0 aliphatic carbocycles. The van der Waals surface area contributed by atoms with Crippen molar-refractivity contribution in [1.82, 2.24) is 0 Å². The van der Waals surface area contributed by atoms with Gasteiger partial charge in [-0.1, -0.05) is 15.9 Å². The number of nitrogens with one attached hydrogen (secondary N) is 1. The maximum atomic E-state index is 12.3. The summed E-state index contributed by atoms with van der Waals surface area (Å²) in [6.07, 6.45) is 0. The van der Waals surface area contributed by atoms with Gasteiger partial charge in [0, 0.05) is 11.6 Å². The first-order chi connectivity index (χ1) is 9.88. The SMILES string of the molecule is O=C(Nc1ccc(I)cc1C(=O)O)c1cc(Br)ccc1I. The molecule has 2 rings (SSSR count). The Labute approximate surface area is 156 Å². The summed E-state index contributed by atoms with van der Waals surface area (Å²) in [6.45, 7) is 0. The predicted molar refractivity (Wildman–Crippen MR) is 101 cm³/mol. The fourth-order valence-corrected chi connectivity index (χ4v) is 3.10. The number of hydrogen-bond acceptors (Lipinski definition) is 2. The first-order valence-corrected chi connectivity index (χ1v) is 8.63. The van der Waals surface area contributed by atoms with Crippen LogP contribution >= 0.6 is 61.1 Å². The molecule has 0 radical (unpaired) electrons. The maximum absolute atomic E-state index is 12.3. The van der Waals surface area contributed by atoms with E-state index in [0.29, 0.717) is 5.56 Å². The molecule has 7 heteroatoms. The first-order valence-electron chi connectivity index (χ1n) is 5.67. The van der Waals surface area contributed by atoms with Gasteiger partial charge in [-0.3, -0.25) is 4.79 Å². The quantitative estimate of drug-likeness (QED) is 0.529. The highest BCUT2D eigenvalue weighted by Gasteiger charge is 2.16. The van der Waals surface area contributed by atoms with Crippen molar-refractivity contribution >= 4 is 78.7 Å². The molecule has 0 aromatic heterocycles. The van der Waals surface area contributed by atoms with E-state index in [1.807, 2.05) is 34.7 Å². The third kappa shape index (κ3) is 4.16. The minimum Gasteiger partial charge on any atom is -0.478 e. The molecule has 0 saturated carbocycles. The van der Waals surface area contributed by atoms with Gasteiger partial charge in [0.05, 0.1) is 16.8 Å². The molecule has 108 valence electrons. The number of halogens is 3. The molecule has 0 atom stereocenters. The van der Waals surface area contributed by atoms with Gasteiger partial charge < -0.3 is 10.4 Å². The predicted octanol–water partition coefficient (Wildman–Crippen LogP) is 4.61. The number of carboxylic acid groups (broad SMARTS) is 1. The Morgan fingerprint density at radius 2 is 1.76 bits per heavy atom. The van der Waals surface area contributed by atoms with Crippen LogP contribution in [0.15, 0.2) is 40.9 Å². The van der Waals surface area contributed by atoms with Crippen LogP contribution in [-0.2, 0) is 0 Å². The average molecular weight is 572 g/mol. The van der Waals surface area contributed by atoms with Gasteiger partial charge in [-0.05, 0) is 81.6 Å². The topological polar surface area (TPSA) is 66.4 Å². The summed E-state index contributed by atoms with van der Waals surface area (Å²) in [7, 11) is 0. The van der Waals surface area contributed by atoms with E-state index >= 15 is 0 Å². The summed E-state index contributed by atoms with van der Waals surface area (Å²) in [5, 5.41) is 11.9. The summed E-state index contributed by atoms with van der Waals surface area (Å²) in [4.78, 5) is 23.6. The number of carboxylic acids is 1. The minimum atomic E-state index is -1.08. The monoisotopic (exact) mass is 571 g/mol. The number of anilines is 1. The lowest BCUT2D eigenvalue weighted by atomic mass is 10.1. The molecular weight excluding hydrogens is 564 g/mol. The lowest BCUT2D eigenvalue weighted by molar-refractivity contribution is 0.0698. The molecule has 2 aromatic carbocycles. The highest BCUT2D eigenvalue weighted by Crippen LogP contribution is 2.23. The van der Waals surface area contributed by atoms with Crippen molar-refractivity contribution in [2.24, 2.45) is 0 Å². The lowest BCUT2D eigenvalue weighted by Crippen LogP contribution is -2.16. The second kappa shape index (κ2) is 7.05. The fraction of sp³-hybridized carbons (Fsp3) is 0. The number of benzene rings is 2. The summed E-state index contributed by atoms with van der Waals surface area (Å²) < 4.78 is 2.37. The maximum Gasteiger partial charge on any atom is 0.337 e. The number of carbonyl (C=O) groups is 2. The molecule has 0 fully saturated rings. The number of carbonyl (C=O) groups excluding carboxylic acids is 1. The normalized spacial score (nSPS) is 10.2. The summed E-state index contributed by atoms with van der Waals surface area (Å²) >= 11 is 7.41. The lowest BCUT2D eigenvalue weighted by Gasteiger charge is -2.10. The zero-order chi connectivity index (χ0) is 15.6. The molecule has 0 aliphatic rings. The molecule has 0 saturated heterocycles. The van der Waals surface area contributed by atoms with Crippen LogP contribution in [0.3, 0.4) is 0 Å². The zero-order valence-corrected chi connectivity index (χ0v) is 16.3. The Morgan fingerprint density at radius 1 is 1.05 bits per heavy atom. The van der Waals surface area contributed by atoms with Crippen LogP contribution in [0.4, 0.5) is 5.69 Å². The molecule has 21 heavy (non-hydrogen) atoms. The second-order valence-corrected chi connectivity index (χ2v) is 7.40. The van der Waals surface area contributed by atoms with Gasteiger partial charge in [-0.15, -0.1) is 0 Å². The molecule has 0 bridgehead atoms. The smallest absolute Gasteiger partial charge is 0.337 e. The molecule has 0 unspecified atom stereocenters. The Bertz CT molecular complexity index is 734. The van der Waals surface area contributed by atoms with Gasteiger partial charge in [0.25, 0.3) is 5.91 Å². The molecule has 0 heterocycles. The van der Waals surface area contributed by atoms with E-state index < -0.39 is 5.97 Å². The van der Waals surface area contributed by atoms with Gasteiger partial charge in [0.2, 0.25) is 0 Å². The third-order valence-electron chi connectivity index (χ3n) is 2.63. The van der Waals surface area contributed by atoms with Crippen LogP contribution in [-0.4, -0.2) is 17.0 Å². The van der Waals surface area contributed by atoms with Crippen LogP contribution in [0.1, 0.15) is 20.7 Å². The molecule has 2 aromatic rings. The zero-order valence-electron chi connectivity index (χ0n) is 10.4. The largest absolute Gasteiger partial charge is 0.478 e. The molecule has 0 spiro atoms. The summed E-state index contributed by atoms with van der Waals surface area (Å²) in [5.41, 5.74) is 0.837. The Kier molecular flexibility index (Phi) is 5.60. The van der Waals surface area contributed by atoms with E-state index in [1.165, 1.54) is 6.07 Å².